The molecule has 0 bridgehead atoms. The van der Waals surface area contributed by atoms with Gasteiger partial charge in [0.05, 0.1) is 0 Å². The lowest BCUT2D eigenvalue weighted by Crippen LogP contribution is -2.18. The number of rotatable bonds is 2. The number of hydrogen-bond donors (Lipinski definition) is 3. The number of aromatic nitrogens is 3. The van der Waals surface area contributed by atoms with Gasteiger partial charge in [-0.25, -0.2) is 9.78 Å². The third-order valence-electron chi connectivity index (χ3n) is 1.90. The number of carboxylic acid groups (broad SMARTS) is 1. The summed E-state index contributed by atoms with van der Waals surface area (Å²) >= 11 is 0. The average Bonchev–Trinajstić information content (AvgIpc) is 2.69. The summed E-state index contributed by atoms with van der Waals surface area (Å²) in [7, 11) is 0. The Morgan fingerprint density at radius 3 is 2.80 bits per heavy atom. The zero-order chi connectivity index (χ0) is 10.8. The molecule has 0 unspecified atom stereocenters. The Bertz CT molecular complexity index is 542. The van der Waals surface area contributed by atoms with Crippen molar-refractivity contribution in [1.82, 2.24) is 15.0 Å². The standard InChI is InChI=1S/C9H7N3O3/c13-8-6(9(14)15)4-11-7(12-8)5-1-2-10-3-5/h1-4,10H,(H,14,15)(H,11,12,13). The highest BCUT2D eigenvalue weighted by Crippen LogP contribution is 2.10. The lowest BCUT2D eigenvalue weighted by atomic mass is 10.3. The second-order valence-electron chi connectivity index (χ2n) is 2.88. The van der Waals surface area contributed by atoms with E-state index in [0.717, 1.165) is 6.20 Å². The molecule has 2 rings (SSSR count). The second-order valence-corrected chi connectivity index (χ2v) is 2.88. The van der Waals surface area contributed by atoms with Crippen LogP contribution in [0, 0.1) is 0 Å². The van der Waals surface area contributed by atoms with Crippen LogP contribution in [0.15, 0.2) is 29.5 Å². The van der Waals surface area contributed by atoms with Crippen molar-refractivity contribution in [2.45, 2.75) is 0 Å². The van der Waals surface area contributed by atoms with E-state index in [1.165, 1.54) is 0 Å². The van der Waals surface area contributed by atoms with Crippen molar-refractivity contribution < 1.29 is 9.90 Å². The summed E-state index contributed by atoms with van der Waals surface area (Å²) in [6, 6.07) is 1.72. The van der Waals surface area contributed by atoms with Crippen molar-refractivity contribution in [3.8, 4) is 11.4 Å². The normalized spacial score (nSPS) is 10.1. The molecule has 3 N–H and O–H groups in total. The maximum absolute atomic E-state index is 11.3. The third kappa shape index (κ3) is 1.64. The number of carboxylic acids is 1. The van der Waals surface area contributed by atoms with E-state index in [2.05, 4.69) is 15.0 Å². The minimum atomic E-state index is -1.29. The molecule has 0 aliphatic heterocycles. The molecule has 0 spiro atoms. The number of aromatic carboxylic acids is 1. The van der Waals surface area contributed by atoms with E-state index in [1.54, 1.807) is 18.5 Å². The molecule has 0 atom stereocenters. The van der Waals surface area contributed by atoms with Crippen LogP contribution in [0.25, 0.3) is 11.4 Å². The smallest absolute Gasteiger partial charge is 0.342 e. The molecule has 0 aromatic carbocycles. The largest absolute Gasteiger partial charge is 0.477 e. The molecule has 0 saturated carbocycles. The van der Waals surface area contributed by atoms with Crippen LogP contribution in [0.1, 0.15) is 10.4 Å². The molecule has 6 nitrogen and oxygen atoms in total. The van der Waals surface area contributed by atoms with Crippen molar-refractivity contribution >= 4 is 5.97 Å². The van der Waals surface area contributed by atoms with Crippen LogP contribution < -0.4 is 5.56 Å². The summed E-state index contributed by atoms with van der Waals surface area (Å²) in [5, 5.41) is 8.62. The Morgan fingerprint density at radius 2 is 2.27 bits per heavy atom. The fourth-order valence-electron chi connectivity index (χ4n) is 1.17. The van der Waals surface area contributed by atoms with Crippen LogP contribution >= 0.6 is 0 Å². The number of H-pyrrole nitrogens is 2. The highest BCUT2D eigenvalue weighted by molar-refractivity contribution is 5.86. The number of aromatic amines is 2. The van der Waals surface area contributed by atoms with Gasteiger partial charge in [-0.2, -0.15) is 0 Å². The highest BCUT2D eigenvalue weighted by Gasteiger charge is 2.10. The molecular formula is C9H7N3O3. The van der Waals surface area contributed by atoms with E-state index in [9.17, 15) is 9.59 Å². The van der Waals surface area contributed by atoms with Gasteiger partial charge in [-0.1, -0.05) is 0 Å². The maximum atomic E-state index is 11.3. The van der Waals surface area contributed by atoms with E-state index in [4.69, 9.17) is 5.11 Å². The fraction of sp³-hybridized carbons (Fsp3) is 0. The van der Waals surface area contributed by atoms with Gasteiger partial charge in [-0.15, -0.1) is 0 Å². The molecule has 0 amide bonds. The van der Waals surface area contributed by atoms with Crippen LogP contribution in [0.4, 0.5) is 0 Å². The van der Waals surface area contributed by atoms with Crippen LogP contribution in [-0.2, 0) is 0 Å². The Labute approximate surface area is 83.6 Å². The quantitative estimate of drug-likeness (QED) is 0.663. The van der Waals surface area contributed by atoms with E-state index >= 15 is 0 Å². The first-order valence-electron chi connectivity index (χ1n) is 4.14. The van der Waals surface area contributed by atoms with Gasteiger partial charge in [0.1, 0.15) is 11.4 Å². The van der Waals surface area contributed by atoms with Gasteiger partial charge in [0, 0.05) is 24.2 Å². The summed E-state index contributed by atoms with van der Waals surface area (Å²) in [4.78, 5) is 30.9. The van der Waals surface area contributed by atoms with Crippen LogP contribution in [-0.4, -0.2) is 26.0 Å². The van der Waals surface area contributed by atoms with E-state index < -0.39 is 11.5 Å². The van der Waals surface area contributed by atoms with Gasteiger partial charge in [0.25, 0.3) is 5.56 Å². The molecule has 0 fully saturated rings. The number of hydrogen-bond acceptors (Lipinski definition) is 3. The fourth-order valence-corrected chi connectivity index (χ4v) is 1.17. The molecule has 0 aliphatic carbocycles. The Hall–Kier alpha value is -2.37. The first kappa shape index (κ1) is 9.20. The predicted octanol–water partition coefficient (Wildman–Crippen LogP) is 0.463. The molecule has 6 heteroatoms. The van der Waals surface area contributed by atoms with Crippen LogP contribution in [0.2, 0.25) is 0 Å². The lowest BCUT2D eigenvalue weighted by molar-refractivity contribution is 0.0694. The van der Waals surface area contributed by atoms with Gasteiger partial charge in [0.2, 0.25) is 0 Å². The zero-order valence-corrected chi connectivity index (χ0v) is 7.52. The first-order chi connectivity index (χ1) is 7.18. The van der Waals surface area contributed by atoms with Gasteiger partial charge < -0.3 is 15.1 Å². The van der Waals surface area contributed by atoms with Crippen molar-refractivity contribution in [2.24, 2.45) is 0 Å². The Morgan fingerprint density at radius 1 is 1.47 bits per heavy atom. The molecule has 0 aliphatic rings. The molecule has 2 aromatic heterocycles. The van der Waals surface area contributed by atoms with E-state index in [-0.39, 0.29) is 5.56 Å². The topological polar surface area (TPSA) is 98.8 Å². The van der Waals surface area contributed by atoms with E-state index in [1.807, 2.05) is 0 Å². The first-order valence-corrected chi connectivity index (χ1v) is 4.14. The number of nitrogens with zero attached hydrogens (tertiary/aromatic N) is 1. The summed E-state index contributed by atoms with van der Waals surface area (Å²) in [6.45, 7) is 0. The predicted molar refractivity (Wildman–Crippen MR) is 51.6 cm³/mol. The molecule has 2 heterocycles. The van der Waals surface area contributed by atoms with Crippen LogP contribution in [0.3, 0.4) is 0 Å². The summed E-state index contributed by atoms with van der Waals surface area (Å²) in [5.41, 5.74) is -0.327. The summed E-state index contributed by atoms with van der Waals surface area (Å²) in [6.07, 6.45) is 4.38. The van der Waals surface area contributed by atoms with Gasteiger partial charge in [-0.3, -0.25) is 4.79 Å². The molecule has 2 aromatic rings. The van der Waals surface area contributed by atoms with Crippen LogP contribution in [0.5, 0.6) is 0 Å². The number of nitrogens with one attached hydrogen (secondary N) is 2. The second kappa shape index (κ2) is 3.41. The Kier molecular flexibility index (Phi) is 2.09. The summed E-state index contributed by atoms with van der Waals surface area (Å²) < 4.78 is 0. The molecule has 0 saturated heterocycles. The van der Waals surface area contributed by atoms with Gasteiger partial charge >= 0.3 is 5.97 Å². The molecule has 15 heavy (non-hydrogen) atoms. The SMILES string of the molecule is O=C(O)c1cnc(-c2cc[nH]c2)[nH]c1=O. The molecule has 0 radical (unpaired) electrons. The van der Waals surface area contributed by atoms with Crippen molar-refractivity contribution in [2.75, 3.05) is 0 Å². The minimum Gasteiger partial charge on any atom is -0.477 e. The maximum Gasteiger partial charge on any atom is 0.342 e. The monoisotopic (exact) mass is 205 g/mol. The average molecular weight is 205 g/mol. The molecular weight excluding hydrogens is 198 g/mol. The Balaban J connectivity index is 2.52. The van der Waals surface area contributed by atoms with Crippen molar-refractivity contribution in [1.29, 1.82) is 0 Å². The lowest BCUT2D eigenvalue weighted by Gasteiger charge is -1.97. The zero-order valence-electron chi connectivity index (χ0n) is 7.52. The number of carbonyl (C=O) groups is 1. The minimum absolute atomic E-state index is 0.339. The van der Waals surface area contributed by atoms with Crippen molar-refractivity contribution in [3.05, 3.63) is 40.6 Å². The van der Waals surface area contributed by atoms with E-state index in [0.29, 0.717) is 11.4 Å². The molecule has 76 valence electrons. The van der Waals surface area contributed by atoms with Crippen molar-refractivity contribution in [3.63, 3.8) is 0 Å². The van der Waals surface area contributed by atoms with Gasteiger partial charge in [-0.05, 0) is 6.07 Å². The third-order valence-corrected chi connectivity index (χ3v) is 1.90. The highest BCUT2D eigenvalue weighted by atomic mass is 16.4. The van der Waals surface area contributed by atoms with Gasteiger partial charge in [0.15, 0.2) is 0 Å². The summed E-state index contributed by atoms with van der Waals surface area (Å²) in [5.74, 6) is -0.949.